The summed E-state index contributed by atoms with van der Waals surface area (Å²) in [6.45, 7) is 5.34. The molecule has 5 heteroatoms. The first-order chi connectivity index (χ1) is 9.63. The number of nitrogens with zero attached hydrogens (tertiary/aromatic N) is 2. The number of aryl methyl sites for hydroxylation is 1. The van der Waals surface area contributed by atoms with E-state index in [1.807, 2.05) is 12.1 Å². The highest BCUT2D eigenvalue weighted by Gasteiger charge is 2.25. The van der Waals surface area contributed by atoms with Crippen molar-refractivity contribution in [3.8, 4) is 11.4 Å². The van der Waals surface area contributed by atoms with Gasteiger partial charge >= 0.3 is 0 Å². The molecule has 2 atom stereocenters. The van der Waals surface area contributed by atoms with E-state index in [1.165, 1.54) is 12.0 Å². The molecule has 3 rings (SSSR count). The van der Waals surface area contributed by atoms with Crippen LogP contribution in [0.4, 0.5) is 0 Å². The Morgan fingerprint density at radius 2 is 2.25 bits per heavy atom. The molecule has 2 heterocycles. The van der Waals surface area contributed by atoms with Crippen molar-refractivity contribution in [2.24, 2.45) is 5.92 Å². The Balaban J connectivity index is 1.84. The third-order valence-corrected chi connectivity index (χ3v) is 4.69. The smallest absolute Gasteiger partial charge is 0.244 e. The molecule has 106 valence electrons. The monoisotopic (exact) mass is 335 g/mol. The first-order valence-electron chi connectivity index (χ1n) is 6.97. The molecular formula is C15H18BrN3O. The van der Waals surface area contributed by atoms with E-state index in [2.05, 4.69) is 51.3 Å². The van der Waals surface area contributed by atoms with Crippen molar-refractivity contribution in [3.63, 3.8) is 0 Å². The maximum atomic E-state index is 5.44. The van der Waals surface area contributed by atoms with Crippen LogP contribution in [0.3, 0.4) is 0 Å². The fourth-order valence-electron chi connectivity index (χ4n) is 2.52. The van der Waals surface area contributed by atoms with Gasteiger partial charge in [-0.3, -0.25) is 0 Å². The summed E-state index contributed by atoms with van der Waals surface area (Å²) in [5, 5.41) is 7.56. The van der Waals surface area contributed by atoms with E-state index in [9.17, 15) is 0 Å². The van der Waals surface area contributed by atoms with Gasteiger partial charge in [0.2, 0.25) is 11.7 Å². The number of hydrogen-bond donors (Lipinski definition) is 1. The van der Waals surface area contributed by atoms with Crippen LogP contribution in [-0.4, -0.2) is 16.7 Å². The Morgan fingerprint density at radius 1 is 1.40 bits per heavy atom. The summed E-state index contributed by atoms with van der Waals surface area (Å²) in [6, 6.07) is 6.29. The number of nitrogens with one attached hydrogen (secondary N) is 1. The highest BCUT2D eigenvalue weighted by atomic mass is 79.9. The predicted molar refractivity (Wildman–Crippen MR) is 81.3 cm³/mol. The van der Waals surface area contributed by atoms with Crippen molar-refractivity contribution in [3.05, 3.63) is 34.1 Å². The third-order valence-electron chi connectivity index (χ3n) is 3.84. The fraction of sp³-hybridized carbons (Fsp3) is 0.467. The lowest BCUT2D eigenvalue weighted by Gasteiger charge is -2.25. The van der Waals surface area contributed by atoms with E-state index in [0.717, 1.165) is 23.0 Å². The standard InChI is InChI=1S/C15H18BrN3O/c1-9-5-6-17-13(7-9)15-18-14(19-20-15)11-4-3-10(2)12(16)8-11/h3-4,8-9,13,17H,5-7H2,1-2H3. The van der Waals surface area contributed by atoms with Crippen molar-refractivity contribution in [1.82, 2.24) is 15.5 Å². The minimum absolute atomic E-state index is 0.189. The number of benzene rings is 1. The number of halogens is 1. The van der Waals surface area contributed by atoms with Crippen LogP contribution < -0.4 is 5.32 Å². The highest BCUT2D eigenvalue weighted by Crippen LogP contribution is 2.28. The van der Waals surface area contributed by atoms with Gasteiger partial charge in [0.15, 0.2) is 0 Å². The van der Waals surface area contributed by atoms with Crippen LogP contribution in [-0.2, 0) is 0 Å². The quantitative estimate of drug-likeness (QED) is 0.905. The van der Waals surface area contributed by atoms with E-state index >= 15 is 0 Å². The van der Waals surface area contributed by atoms with E-state index < -0.39 is 0 Å². The molecule has 20 heavy (non-hydrogen) atoms. The predicted octanol–water partition coefficient (Wildman–Crippen LogP) is 3.87. The largest absolute Gasteiger partial charge is 0.337 e. The maximum absolute atomic E-state index is 5.44. The van der Waals surface area contributed by atoms with E-state index in [-0.39, 0.29) is 6.04 Å². The molecule has 0 aliphatic carbocycles. The van der Waals surface area contributed by atoms with Gasteiger partial charge in [0.25, 0.3) is 0 Å². The summed E-state index contributed by atoms with van der Waals surface area (Å²) in [7, 11) is 0. The van der Waals surface area contributed by atoms with Crippen LogP contribution in [0, 0.1) is 12.8 Å². The first kappa shape index (κ1) is 13.8. The summed E-state index contributed by atoms with van der Waals surface area (Å²) in [5.74, 6) is 2.05. The Hall–Kier alpha value is -1.20. The van der Waals surface area contributed by atoms with Crippen molar-refractivity contribution >= 4 is 15.9 Å². The van der Waals surface area contributed by atoms with Gasteiger partial charge in [-0.15, -0.1) is 0 Å². The van der Waals surface area contributed by atoms with Gasteiger partial charge in [0, 0.05) is 10.0 Å². The minimum atomic E-state index is 0.189. The summed E-state index contributed by atoms with van der Waals surface area (Å²) in [5.41, 5.74) is 2.17. The van der Waals surface area contributed by atoms with Gasteiger partial charge in [-0.05, 0) is 43.9 Å². The van der Waals surface area contributed by atoms with Gasteiger partial charge in [-0.25, -0.2) is 0 Å². The Bertz CT molecular complexity index is 611. The van der Waals surface area contributed by atoms with Crippen LogP contribution >= 0.6 is 15.9 Å². The molecule has 1 aliphatic rings. The molecule has 1 aromatic heterocycles. The average molecular weight is 336 g/mol. The zero-order valence-electron chi connectivity index (χ0n) is 11.7. The zero-order chi connectivity index (χ0) is 14.1. The molecule has 1 saturated heterocycles. The molecule has 0 bridgehead atoms. The first-order valence-corrected chi connectivity index (χ1v) is 7.76. The number of aromatic nitrogens is 2. The summed E-state index contributed by atoms with van der Waals surface area (Å²) >= 11 is 3.54. The van der Waals surface area contributed by atoms with Crippen LogP contribution in [0.15, 0.2) is 27.2 Å². The molecule has 4 nitrogen and oxygen atoms in total. The summed E-state index contributed by atoms with van der Waals surface area (Å²) in [4.78, 5) is 4.55. The highest BCUT2D eigenvalue weighted by molar-refractivity contribution is 9.10. The summed E-state index contributed by atoms with van der Waals surface area (Å²) < 4.78 is 6.50. The van der Waals surface area contributed by atoms with Gasteiger partial charge in [-0.2, -0.15) is 4.98 Å². The lowest BCUT2D eigenvalue weighted by Crippen LogP contribution is -2.30. The van der Waals surface area contributed by atoms with Crippen LogP contribution in [0.2, 0.25) is 0 Å². The molecule has 1 N–H and O–H groups in total. The normalized spacial score (nSPS) is 22.9. The van der Waals surface area contributed by atoms with Gasteiger partial charge in [0.1, 0.15) is 0 Å². The molecule has 2 aromatic rings. The molecule has 0 radical (unpaired) electrons. The lowest BCUT2D eigenvalue weighted by atomic mass is 9.94. The SMILES string of the molecule is Cc1ccc(-c2noc(C3CC(C)CCN3)n2)cc1Br. The van der Waals surface area contributed by atoms with E-state index in [0.29, 0.717) is 17.6 Å². The topological polar surface area (TPSA) is 51.0 Å². The maximum Gasteiger partial charge on any atom is 0.244 e. The van der Waals surface area contributed by atoms with Crippen molar-refractivity contribution in [2.75, 3.05) is 6.54 Å². The van der Waals surface area contributed by atoms with Crippen molar-refractivity contribution < 1.29 is 4.52 Å². The van der Waals surface area contributed by atoms with Crippen molar-refractivity contribution in [1.29, 1.82) is 0 Å². The Kier molecular flexibility index (Phi) is 3.89. The van der Waals surface area contributed by atoms with Gasteiger partial charge in [-0.1, -0.05) is 40.1 Å². The minimum Gasteiger partial charge on any atom is -0.337 e. The molecule has 1 fully saturated rings. The van der Waals surface area contributed by atoms with E-state index in [1.54, 1.807) is 0 Å². The second-order valence-corrected chi connectivity index (χ2v) is 6.41. The Morgan fingerprint density at radius 3 is 3.00 bits per heavy atom. The Labute approximate surface area is 127 Å². The van der Waals surface area contributed by atoms with Gasteiger partial charge in [0.05, 0.1) is 6.04 Å². The number of piperidine rings is 1. The molecule has 1 aliphatic heterocycles. The second-order valence-electron chi connectivity index (χ2n) is 5.56. The molecule has 0 spiro atoms. The second kappa shape index (κ2) is 5.66. The van der Waals surface area contributed by atoms with Crippen LogP contribution in [0.1, 0.15) is 37.3 Å². The molecule has 1 aromatic carbocycles. The molecule has 2 unspecified atom stereocenters. The molecule has 0 saturated carbocycles. The van der Waals surface area contributed by atoms with Crippen molar-refractivity contribution in [2.45, 2.75) is 32.7 Å². The fourth-order valence-corrected chi connectivity index (χ4v) is 2.90. The number of hydrogen-bond acceptors (Lipinski definition) is 4. The molecule has 0 amide bonds. The zero-order valence-corrected chi connectivity index (χ0v) is 13.3. The van der Waals surface area contributed by atoms with Gasteiger partial charge < -0.3 is 9.84 Å². The lowest BCUT2D eigenvalue weighted by molar-refractivity contribution is 0.260. The summed E-state index contributed by atoms with van der Waals surface area (Å²) in [6.07, 6.45) is 2.27. The number of rotatable bonds is 2. The third kappa shape index (κ3) is 2.79. The van der Waals surface area contributed by atoms with Crippen LogP contribution in [0.25, 0.3) is 11.4 Å². The molecular weight excluding hydrogens is 318 g/mol. The average Bonchev–Trinajstić information content (AvgIpc) is 2.92. The van der Waals surface area contributed by atoms with Crippen LogP contribution in [0.5, 0.6) is 0 Å². The van der Waals surface area contributed by atoms with E-state index in [4.69, 9.17) is 4.52 Å².